The van der Waals surface area contributed by atoms with Crippen LogP contribution < -0.4 is 11.5 Å². The Balaban J connectivity index is 3.48. The van der Waals surface area contributed by atoms with Gasteiger partial charge in [0, 0.05) is 11.1 Å². The predicted octanol–water partition coefficient (Wildman–Crippen LogP) is 1.23. The fourth-order valence-corrected chi connectivity index (χ4v) is 0.813. The maximum Gasteiger partial charge on any atom is 0.146 e. The van der Waals surface area contributed by atoms with Crippen molar-refractivity contribution in [1.29, 1.82) is 0 Å². The summed E-state index contributed by atoms with van der Waals surface area (Å²) in [5, 5.41) is 0. The Morgan fingerprint density at radius 1 is 0.867 bits per heavy atom. The molecule has 0 saturated heterocycles. The van der Waals surface area contributed by atoms with Crippen molar-refractivity contribution < 1.29 is 9.47 Å². The van der Waals surface area contributed by atoms with Gasteiger partial charge in [0.2, 0.25) is 0 Å². The third-order valence-electron chi connectivity index (χ3n) is 2.65. The van der Waals surface area contributed by atoms with Gasteiger partial charge in [-0.2, -0.15) is 0 Å². The van der Waals surface area contributed by atoms with Gasteiger partial charge in [-0.3, -0.25) is 0 Å². The number of ether oxygens (including phenoxy) is 2. The molecule has 0 bridgehead atoms. The van der Waals surface area contributed by atoms with Gasteiger partial charge in [0.15, 0.2) is 0 Å². The molecular weight excluding hydrogens is 192 g/mol. The van der Waals surface area contributed by atoms with E-state index in [4.69, 9.17) is 20.9 Å². The van der Waals surface area contributed by atoms with Crippen LogP contribution in [0.3, 0.4) is 0 Å². The standard InChI is InChI=1S/C11H26N2O2/c1-5-10(3,12)7-14-9-15-8-11(4,13)6-2/h5-9,12-13H2,1-4H3. The molecule has 0 aliphatic rings. The van der Waals surface area contributed by atoms with Crippen molar-refractivity contribution >= 4 is 0 Å². The molecule has 0 aromatic rings. The molecular formula is C11H26N2O2. The highest BCUT2D eigenvalue weighted by molar-refractivity contribution is 4.76. The summed E-state index contributed by atoms with van der Waals surface area (Å²) in [7, 11) is 0. The molecule has 0 aliphatic heterocycles. The number of hydrogen-bond donors (Lipinski definition) is 2. The van der Waals surface area contributed by atoms with Crippen LogP contribution in [0.2, 0.25) is 0 Å². The fourth-order valence-electron chi connectivity index (χ4n) is 0.813. The second kappa shape index (κ2) is 6.43. The maximum absolute atomic E-state index is 5.90. The van der Waals surface area contributed by atoms with Crippen LogP contribution in [0.1, 0.15) is 40.5 Å². The molecule has 92 valence electrons. The molecule has 0 radical (unpaired) electrons. The summed E-state index contributed by atoms with van der Waals surface area (Å²) in [5.74, 6) is 0. The van der Waals surface area contributed by atoms with E-state index in [0.29, 0.717) is 13.2 Å². The molecule has 2 unspecified atom stereocenters. The Hall–Kier alpha value is -0.160. The summed E-state index contributed by atoms with van der Waals surface area (Å²) < 4.78 is 10.7. The fraction of sp³-hybridized carbons (Fsp3) is 1.00. The van der Waals surface area contributed by atoms with E-state index in [-0.39, 0.29) is 17.9 Å². The minimum absolute atomic E-state index is 0.263. The van der Waals surface area contributed by atoms with Gasteiger partial charge in [-0.15, -0.1) is 0 Å². The van der Waals surface area contributed by atoms with E-state index >= 15 is 0 Å². The Morgan fingerprint density at radius 3 is 1.47 bits per heavy atom. The normalized spacial score (nSPS) is 19.6. The van der Waals surface area contributed by atoms with Crippen molar-refractivity contribution in [3.05, 3.63) is 0 Å². The smallest absolute Gasteiger partial charge is 0.146 e. The summed E-state index contributed by atoms with van der Waals surface area (Å²) in [4.78, 5) is 0. The number of hydrogen-bond acceptors (Lipinski definition) is 4. The molecule has 0 aromatic carbocycles. The van der Waals surface area contributed by atoms with E-state index in [1.165, 1.54) is 0 Å². The van der Waals surface area contributed by atoms with Crippen molar-refractivity contribution in [2.45, 2.75) is 51.6 Å². The van der Waals surface area contributed by atoms with Gasteiger partial charge in [0.1, 0.15) is 6.79 Å². The molecule has 0 saturated carbocycles. The van der Waals surface area contributed by atoms with Gasteiger partial charge in [-0.1, -0.05) is 13.8 Å². The lowest BCUT2D eigenvalue weighted by Crippen LogP contribution is -2.42. The largest absolute Gasteiger partial charge is 0.354 e. The van der Waals surface area contributed by atoms with Crippen LogP contribution in [0, 0.1) is 0 Å². The van der Waals surface area contributed by atoms with Crippen LogP contribution in [0.5, 0.6) is 0 Å². The minimum atomic E-state index is -0.264. The predicted molar refractivity (Wildman–Crippen MR) is 62.5 cm³/mol. The van der Waals surface area contributed by atoms with E-state index in [0.717, 1.165) is 12.8 Å². The first-order valence-corrected chi connectivity index (χ1v) is 5.56. The van der Waals surface area contributed by atoms with Crippen molar-refractivity contribution in [3.8, 4) is 0 Å². The van der Waals surface area contributed by atoms with Crippen LogP contribution in [0.25, 0.3) is 0 Å². The molecule has 4 nitrogen and oxygen atoms in total. The summed E-state index contributed by atoms with van der Waals surface area (Å²) in [5.41, 5.74) is 11.3. The van der Waals surface area contributed by atoms with Gasteiger partial charge in [0.05, 0.1) is 13.2 Å². The van der Waals surface area contributed by atoms with Gasteiger partial charge in [-0.05, 0) is 26.7 Å². The molecule has 4 N–H and O–H groups in total. The van der Waals surface area contributed by atoms with Crippen LogP contribution in [-0.2, 0) is 9.47 Å². The average Bonchev–Trinajstić information content (AvgIpc) is 2.17. The molecule has 15 heavy (non-hydrogen) atoms. The second-order valence-electron chi connectivity index (χ2n) is 4.83. The van der Waals surface area contributed by atoms with Crippen molar-refractivity contribution in [1.82, 2.24) is 0 Å². The topological polar surface area (TPSA) is 70.5 Å². The first-order valence-electron chi connectivity index (χ1n) is 5.56. The highest BCUT2D eigenvalue weighted by Crippen LogP contribution is 2.06. The van der Waals surface area contributed by atoms with E-state index in [1.807, 2.05) is 27.7 Å². The van der Waals surface area contributed by atoms with Gasteiger partial charge >= 0.3 is 0 Å². The van der Waals surface area contributed by atoms with Gasteiger partial charge < -0.3 is 20.9 Å². The lowest BCUT2D eigenvalue weighted by molar-refractivity contribution is -0.0784. The molecule has 0 heterocycles. The lowest BCUT2D eigenvalue weighted by atomic mass is 10.0. The minimum Gasteiger partial charge on any atom is -0.354 e. The van der Waals surface area contributed by atoms with Gasteiger partial charge in [-0.25, -0.2) is 0 Å². The third kappa shape index (κ3) is 7.73. The molecule has 0 rings (SSSR count). The van der Waals surface area contributed by atoms with Crippen LogP contribution >= 0.6 is 0 Å². The molecule has 0 spiro atoms. The van der Waals surface area contributed by atoms with Crippen molar-refractivity contribution in [3.63, 3.8) is 0 Å². The highest BCUT2D eigenvalue weighted by atomic mass is 16.7. The second-order valence-corrected chi connectivity index (χ2v) is 4.83. The SMILES string of the molecule is CCC(C)(N)COCOCC(C)(N)CC. The van der Waals surface area contributed by atoms with Crippen molar-refractivity contribution in [2.24, 2.45) is 11.5 Å². The van der Waals surface area contributed by atoms with E-state index in [1.54, 1.807) is 0 Å². The Morgan fingerprint density at radius 2 is 1.20 bits per heavy atom. The summed E-state index contributed by atoms with van der Waals surface area (Å²) >= 11 is 0. The van der Waals surface area contributed by atoms with Crippen molar-refractivity contribution in [2.75, 3.05) is 20.0 Å². The van der Waals surface area contributed by atoms with Crippen LogP contribution in [-0.4, -0.2) is 31.1 Å². The Kier molecular flexibility index (Phi) is 6.36. The lowest BCUT2D eigenvalue weighted by Gasteiger charge is -2.24. The van der Waals surface area contributed by atoms with E-state index in [9.17, 15) is 0 Å². The van der Waals surface area contributed by atoms with E-state index < -0.39 is 0 Å². The van der Waals surface area contributed by atoms with E-state index in [2.05, 4.69) is 0 Å². The van der Waals surface area contributed by atoms with Crippen LogP contribution in [0.4, 0.5) is 0 Å². The molecule has 0 fully saturated rings. The first-order chi connectivity index (χ1) is 6.83. The zero-order valence-corrected chi connectivity index (χ0v) is 10.5. The molecule has 0 aliphatic carbocycles. The summed E-state index contributed by atoms with van der Waals surface area (Å²) in [6.07, 6.45) is 1.77. The third-order valence-corrected chi connectivity index (χ3v) is 2.65. The zero-order valence-electron chi connectivity index (χ0n) is 10.5. The van der Waals surface area contributed by atoms with Crippen LogP contribution in [0.15, 0.2) is 0 Å². The van der Waals surface area contributed by atoms with Gasteiger partial charge in [0.25, 0.3) is 0 Å². The summed E-state index contributed by atoms with van der Waals surface area (Å²) in [6, 6.07) is 0. The average molecular weight is 218 g/mol. The first kappa shape index (κ1) is 14.8. The summed E-state index contributed by atoms with van der Waals surface area (Å²) in [6.45, 7) is 9.29. The Bertz CT molecular complexity index is 152. The molecule has 0 amide bonds. The quantitative estimate of drug-likeness (QED) is 0.475. The zero-order chi connectivity index (χ0) is 11.9. The maximum atomic E-state index is 5.90. The highest BCUT2D eigenvalue weighted by Gasteiger charge is 2.17. The molecule has 0 aromatic heterocycles. The number of rotatable bonds is 8. The monoisotopic (exact) mass is 218 g/mol. The number of nitrogens with two attached hydrogens (primary N) is 2. The molecule has 4 heteroatoms. The molecule has 2 atom stereocenters. The Labute approximate surface area is 93.3 Å².